The van der Waals surface area contributed by atoms with Crippen LogP contribution in [0.1, 0.15) is 5.56 Å². The molecule has 0 saturated heterocycles. The Bertz CT molecular complexity index is 1250. The normalized spacial score (nSPS) is 11.6. The van der Waals surface area contributed by atoms with Gasteiger partial charge >= 0.3 is 0 Å². The molecule has 1 nitrogen and oxygen atoms in total. The van der Waals surface area contributed by atoms with Crippen molar-refractivity contribution in [1.29, 1.82) is 0 Å². The van der Waals surface area contributed by atoms with E-state index >= 15 is 0 Å². The molecular formula is C23H15ClO. The number of furan rings is 1. The van der Waals surface area contributed by atoms with Crippen LogP contribution in [0.5, 0.6) is 0 Å². The third-order valence-corrected chi connectivity index (χ3v) is 5.19. The van der Waals surface area contributed by atoms with Crippen molar-refractivity contribution in [2.75, 3.05) is 0 Å². The number of benzene rings is 4. The van der Waals surface area contributed by atoms with Crippen LogP contribution in [0.15, 0.2) is 77.2 Å². The second-order valence-corrected chi connectivity index (χ2v) is 6.78. The number of aryl methyl sites for hydroxylation is 1. The maximum absolute atomic E-state index is 6.74. The highest BCUT2D eigenvalue weighted by Gasteiger charge is 2.19. The lowest BCUT2D eigenvalue weighted by Crippen LogP contribution is -1.86. The first-order valence-corrected chi connectivity index (χ1v) is 8.70. The van der Waals surface area contributed by atoms with E-state index in [1.165, 1.54) is 16.7 Å². The van der Waals surface area contributed by atoms with Crippen LogP contribution in [-0.2, 0) is 0 Å². The van der Waals surface area contributed by atoms with E-state index in [2.05, 4.69) is 55.5 Å². The molecule has 1 aromatic heterocycles. The van der Waals surface area contributed by atoms with E-state index in [4.69, 9.17) is 16.0 Å². The zero-order valence-electron chi connectivity index (χ0n) is 13.7. The van der Waals surface area contributed by atoms with Crippen LogP contribution in [0.3, 0.4) is 0 Å². The smallest absolute Gasteiger partial charge is 0.155 e. The standard InChI is InChI=1S/C23H15ClO/c1-14-10-12-15(13-11-14)20-16-6-2-3-7-17(16)22(24)23-21(20)18-8-4-5-9-19(18)25-23/h2-13H,1H3. The zero-order valence-corrected chi connectivity index (χ0v) is 14.5. The van der Waals surface area contributed by atoms with Crippen LogP contribution in [0.2, 0.25) is 5.02 Å². The Labute approximate surface area is 150 Å². The van der Waals surface area contributed by atoms with E-state index in [1.54, 1.807) is 0 Å². The first-order valence-electron chi connectivity index (χ1n) is 8.32. The van der Waals surface area contributed by atoms with Crippen molar-refractivity contribution in [3.05, 3.63) is 83.4 Å². The van der Waals surface area contributed by atoms with Gasteiger partial charge in [0.1, 0.15) is 5.58 Å². The predicted octanol–water partition coefficient (Wildman–Crippen LogP) is 7.37. The van der Waals surface area contributed by atoms with Gasteiger partial charge in [-0.2, -0.15) is 0 Å². The minimum atomic E-state index is 0.678. The second kappa shape index (κ2) is 5.37. The molecule has 0 aliphatic heterocycles. The van der Waals surface area contributed by atoms with Gasteiger partial charge in [-0.05, 0) is 23.9 Å². The molecule has 0 bridgehead atoms. The molecular weight excluding hydrogens is 328 g/mol. The molecule has 0 saturated carbocycles. The van der Waals surface area contributed by atoms with Crippen molar-refractivity contribution >= 4 is 44.3 Å². The maximum atomic E-state index is 6.74. The third kappa shape index (κ3) is 2.09. The van der Waals surface area contributed by atoms with Gasteiger partial charge in [-0.1, -0.05) is 83.9 Å². The van der Waals surface area contributed by atoms with Gasteiger partial charge in [0.25, 0.3) is 0 Å². The Kier molecular flexibility index (Phi) is 3.13. The fourth-order valence-corrected chi connectivity index (χ4v) is 3.92. The van der Waals surface area contributed by atoms with E-state index in [0.29, 0.717) is 5.02 Å². The molecule has 0 aliphatic rings. The highest BCUT2D eigenvalue weighted by molar-refractivity contribution is 6.43. The third-order valence-electron chi connectivity index (χ3n) is 4.82. The topological polar surface area (TPSA) is 13.1 Å². The SMILES string of the molecule is Cc1ccc(-c2c3ccccc3c(Cl)c3oc4ccccc4c23)cc1. The summed E-state index contributed by atoms with van der Waals surface area (Å²) in [6.45, 7) is 2.10. The van der Waals surface area contributed by atoms with Crippen LogP contribution in [0.4, 0.5) is 0 Å². The fraction of sp³-hybridized carbons (Fsp3) is 0.0435. The summed E-state index contributed by atoms with van der Waals surface area (Å²) < 4.78 is 6.15. The highest BCUT2D eigenvalue weighted by Crippen LogP contribution is 2.45. The van der Waals surface area contributed by atoms with Crippen molar-refractivity contribution in [3.63, 3.8) is 0 Å². The van der Waals surface area contributed by atoms with Gasteiger partial charge in [-0.25, -0.2) is 0 Å². The molecule has 5 aromatic rings. The highest BCUT2D eigenvalue weighted by atomic mass is 35.5. The maximum Gasteiger partial charge on any atom is 0.155 e. The van der Waals surface area contributed by atoms with E-state index in [-0.39, 0.29) is 0 Å². The molecule has 2 heteroatoms. The molecule has 25 heavy (non-hydrogen) atoms. The molecule has 1 heterocycles. The quantitative estimate of drug-likeness (QED) is 0.310. The van der Waals surface area contributed by atoms with Crippen molar-refractivity contribution in [1.82, 2.24) is 0 Å². The van der Waals surface area contributed by atoms with Crippen LogP contribution in [0, 0.1) is 6.92 Å². The van der Waals surface area contributed by atoms with Gasteiger partial charge in [-0.15, -0.1) is 0 Å². The molecule has 4 aromatic carbocycles. The molecule has 0 atom stereocenters. The summed E-state index contributed by atoms with van der Waals surface area (Å²) in [7, 11) is 0. The number of para-hydroxylation sites is 1. The van der Waals surface area contributed by atoms with Gasteiger partial charge in [0.15, 0.2) is 5.58 Å². The van der Waals surface area contributed by atoms with Crippen LogP contribution in [0.25, 0.3) is 43.8 Å². The summed E-state index contributed by atoms with van der Waals surface area (Å²) in [5, 5.41) is 5.03. The van der Waals surface area contributed by atoms with Gasteiger partial charge in [-0.3, -0.25) is 0 Å². The van der Waals surface area contributed by atoms with E-state index < -0.39 is 0 Å². The Balaban J connectivity index is 2.08. The van der Waals surface area contributed by atoms with Gasteiger partial charge < -0.3 is 4.42 Å². The van der Waals surface area contributed by atoms with Crippen molar-refractivity contribution in [3.8, 4) is 11.1 Å². The Morgan fingerprint density at radius 2 is 1.36 bits per heavy atom. The summed E-state index contributed by atoms with van der Waals surface area (Å²) in [5.74, 6) is 0. The molecule has 5 rings (SSSR count). The van der Waals surface area contributed by atoms with Crippen molar-refractivity contribution in [2.45, 2.75) is 6.92 Å². The Morgan fingerprint density at radius 1 is 0.720 bits per heavy atom. The summed E-state index contributed by atoms with van der Waals surface area (Å²) in [6.07, 6.45) is 0. The van der Waals surface area contributed by atoms with Gasteiger partial charge in [0.2, 0.25) is 0 Å². The molecule has 0 unspecified atom stereocenters. The lowest BCUT2D eigenvalue weighted by atomic mass is 9.93. The molecule has 0 fully saturated rings. The van der Waals surface area contributed by atoms with Crippen molar-refractivity contribution < 1.29 is 4.42 Å². The summed E-state index contributed by atoms with van der Waals surface area (Å²) in [6, 6.07) is 25.0. The number of halogens is 1. The van der Waals surface area contributed by atoms with E-state index in [0.717, 1.165) is 32.7 Å². The van der Waals surface area contributed by atoms with E-state index in [1.807, 2.05) is 24.3 Å². The average molecular weight is 343 g/mol. The van der Waals surface area contributed by atoms with Crippen LogP contribution >= 0.6 is 11.6 Å². The Morgan fingerprint density at radius 3 is 2.12 bits per heavy atom. The van der Waals surface area contributed by atoms with Gasteiger partial charge in [0.05, 0.1) is 5.02 Å². The minimum absolute atomic E-state index is 0.678. The summed E-state index contributed by atoms with van der Waals surface area (Å²) in [4.78, 5) is 0. The predicted molar refractivity (Wildman–Crippen MR) is 106 cm³/mol. The first kappa shape index (κ1) is 14.6. The Hall–Kier alpha value is -2.77. The molecule has 0 aliphatic carbocycles. The molecule has 0 N–H and O–H groups in total. The molecule has 0 radical (unpaired) electrons. The lowest BCUT2D eigenvalue weighted by Gasteiger charge is -2.11. The average Bonchev–Trinajstić information content (AvgIpc) is 3.03. The summed E-state index contributed by atoms with van der Waals surface area (Å²) in [5.41, 5.74) is 5.23. The monoisotopic (exact) mass is 342 g/mol. The van der Waals surface area contributed by atoms with E-state index in [9.17, 15) is 0 Å². The fourth-order valence-electron chi connectivity index (χ4n) is 3.62. The van der Waals surface area contributed by atoms with Crippen LogP contribution in [-0.4, -0.2) is 0 Å². The number of rotatable bonds is 1. The van der Waals surface area contributed by atoms with Crippen LogP contribution < -0.4 is 0 Å². The minimum Gasteiger partial charge on any atom is -0.454 e. The zero-order chi connectivity index (χ0) is 17.0. The largest absolute Gasteiger partial charge is 0.454 e. The summed E-state index contributed by atoms with van der Waals surface area (Å²) >= 11 is 6.74. The first-order chi connectivity index (χ1) is 12.2. The molecule has 0 amide bonds. The number of hydrogen-bond donors (Lipinski definition) is 0. The van der Waals surface area contributed by atoms with Gasteiger partial charge in [0, 0.05) is 21.7 Å². The second-order valence-electron chi connectivity index (χ2n) is 6.40. The molecule has 120 valence electrons. The lowest BCUT2D eigenvalue weighted by molar-refractivity contribution is 0.669. The van der Waals surface area contributed by atoms with Crippen molar-refractivity contribution in [2.24, 2.45) is 0 Å². The molecule has 0 spiro atoms. The number of hydrogen-bond acceptors (Lipinski definition) is 1. The number of fused-ring (bicyclic) bond motifs is 4.